The molecule has 0 bridgehead atoms. The van der Waals surface area contributed by atoms with E-state index in [2.05, 4.69) is 36.7 Å². The van der Waals surface area contributed by atoms with E-state index in [1.807, 2.05) is 59.2 Å². The summed E-state index contributed by atoms with van der Waals surface area (Å²) < 4.78 is 2.82. The van der Waals surface area contributed by atoms with Crippen molar-refractivity contribution >= 4 is 57.1 Å². The molecular weight excluding hydrogens is 556 g/mol. The van der Waals surface area contributed by atoms with Crippen LogP contribution in [0.3, 0.4) is 0 Å². The average Bonchev–Trinajstić information content (AvgIpc) is 3.29. The number of hydrogen-bond acceptors (Lipinski definition) is 7. The molecule has 1 aromatic heterocycles. The van der Waals surface area contributed by atoms with Gasteiger partial charge in [-0.3, -0.25) is 19.5 Å². The number of thioether (sulfide) groups is 1. The number of benzene rings is 3. The van der Waals surface area contributed by atoms with Crippen molar-refractivity contribution in [1.82, 2.24) is 20.2 Å². The third-order valence-corrected chi connectivity index (χ3v) is 6.47. The summed E-state index contributed by atoms with van der Waals surface area (Å²) in [6.45, 7) is 0. The summed E-state index contributed by atoms with van der Waals surface area (Å²) in [5.41, 5.74) is 4.32. The van der Waals surface area contributed by atoms with Crippen LogP contribution < -0.4 is 5.43 Å². The number of nitrogens with zero attached hydrogens (tertiary/aromatic N) is 5. The Labute approximate surface area is 217 Å². The predicted molar refractivity (Wildman–Crippen MR) is 139 cm³/mol. The maximum atomic E-state index is 12.4. The molecule has 0 fully saturated rings. The van der Waals surface area contributed by atoms with Gasteiger partial charge in [-0.2, -0.15) is 5.10 Å². The fourth-order valence-corrected chi connectivity index (χ4v) is 4.22. The summed E-state index contributed by atoms with van der Waals surface area (Å²) >= 11 is 10.7. The highest BCUT2D eigenvalue weighted by Gasteiger charge is 2.17. The molecule has 0 spiro atoms. The molecule has 0 aliphatic rings. The summed E-state index contributed by atoms with van der Waals surface area (Å²) in [7, 11) is 0. The molecule has 1 N–H and O–H groups in total. The quantitative estimate of drug-likeness (QED) is 0.129. The monoisotopic (exact) mass is 570 g/mol. The summed E-state index contributed by atoms with van der Waals surface area (Å²) in [5.74, 6) is 0.275. The van der Waals surface area contributed by atoms with Crippen LogP contribution in [0.25, 0.3) is 17.1 Å². The lowest BCUT2D eigenvalue weighted by Gasteiger charge is -2.10. The summed E-state index contributed by atoms with van der Waals surface area (Å²) in [4.78, 5) is 22.8. The number of nitro benzene ring substituents is 1. The molecule has 0 saturated heterocycles. The summed E-state index contributed by atoms with van der Waals surface area (Å²) in [5, 5.41) is 24.3. The van der Waals surface area contributed by atoms with E-state index >= 15 is 0 Å². The number of hydrazone groups is 1. The Bertz CT molecular complexity index is 1400. The first-order chi connectivity index (χ1) is 16.9. The predicted octanol–water partition coefficient (Wildman–Crippen LogP) is 5.50. The standard InChI is InChI=1S/C23H16BrClN6O3S/c24-17-6-8-18(9-7-17)30-22(15-4-2-1-3-5-15)28-29-23(30)35-14-21(32)27-26-13-16-12-19(31(33)34)10-11-20(16)25/h1-13H,14H2,(H,27,32)/b26-13-. The minimum Gasteiger partial charge on any atom is -0.272 e. The number of non-ortho nitro benzene ring substituents is 1. The first kappa shape index (κ1) is 24.6. The molecule has 1 heterocycles. The van der Waals surface area contributed by atoms with E-state index in [9.17, 15) is 14.9 Å². The van der Waals surface area contributed by atoms with E-state index in [0.29, 0.717) is 16.5 Å². The zero-order valence-corrected chi connectivity index (χ0v) is 21.0. The van der Waals surface area contributed by atoms with Gasteiger partial charge in [-0.05, 0) is 30.3 Å². The lowest BCUT2D eigenvalue weighted by molar-refractivity contribution is -0.384. The zero-order valence-electron chi connectivity index (χ0n) is 17.8. The molecule has 0 aliphatic carbocycles. The third-order valence-electron chi connectivity index (χ3n) is 4.67. The maximum absolute atomic E-state index is 12.4. The van der Waals surface area contributed by atoms with Gasteiger partial charge in [0.05, 0.1) is 16.9 Å². The number of nitro groups is 1. The number of nitrogens with one attached hydrogen (secondary N) is 1. The molecule has 35 heavy (non-hydrogen) atoms. The van der Waals surface area contributed by atoms with Crippen LogP contribution in [0.4, 0.5) is 5.69 Å². The highest BCUT2D eigenvalue weighted by atomic mass is 79.9. The number of carbonyl (C=O) groups is 1. The first-order valence-electron chi connectivity index (χ1n) is 10.1. The van der Waals surface area contributed by atoms with Crippen LogP contribution in [0.5, 0.6) is 0 Å². The Hall–Kier alpha value is -3.54. The first-order valence-corrected chi connectivity index (χ1v) is 12.2. The average molecular weight is 572 g/mol. The topological polar surface area (TPSA) is 115 Å². The number of carbonyl (C=O) groups excluding carboxylic acids is 1. The minimum absolute atomic E-state index is 0.0173. The van der Waals surface area contributed by atoms with Crippen molar-refractivity contribution in [3.8, 4) is 17.1 Å². The van der Waals surface area contributed by atoms with E-state index in [1.54, 1.807) is 0 Å². The fourth-order valence-electron chi connectivity index (χ4n) is 3.04. The van der Waals surface area contributed by atoms with Crippen molar-refractivity contribution < 1.29 is 9.72 Å². The van der Waals surface area contributed by atoms with Crippen molar-refractivity contribution in [2.75, 3.05) is 5.75 Å². The summed E-state index contributed by atoms with van der Waals surface area (Å²) in [6.07, 6.45) is 1.26. The number of amides is 1. The van der Waals surface area contributed by atoms with Crippen molar-refractivity contribution in [1.29, 1.82) is 0 Å². The van der Waals surface area contributed by atoms with Crippen LogP contribution in [-0.2, 0) is 4.79 Å². The van der Waals surface area contributed by atoms with Crippen molar-refractivity contribution in [3.05, 3.63) is 98.0 Å². The van der Waals surface area contributed by atoms with Crippen molar-refractivity contribution in [2.45, 2.75) is 5.16 Å². The molecule has 0 aliphatic heterocycles. The number of rotatable bonds is 8. The highest BCUT2D eigenvalue weighted by molar-refractivity contribution is 9.10. The number of halogens is 2. The third kappa shape index (κ3) is 6.13. The largest absolute Gasteiger partial charge is 0.272 e. The van der Waals surface area contributed by atoms with Crippen LogP contribution in [0.1, 0.15) is 5.56 Å². The molecule has 176 valence electrons. The molecule has 0 radical (unpaired) electrons. The second-order valence-electron chi connectivity index (χ2n) is 7.03. The lowest BCUT2D eigenvalue weighted by atomic mass is 10.2. The molecule has 4 rings (SSSR count). The van der Waals surface area contributed by atoms with Gasteiger partial charge in [0.25, 0.3) is 11.6 Å². The molecule has 3 aromatic carbocycles. The maximum Gasteiger partial charge on any atom is 0.270 e. The second-order valence-corrected chi connectivity index (χ2v) is 9.29. The summed E-state index contributed by atoms with van der Waals surface area (Å²) in [6, 6.07) is 21.3. The molecule has 0 saturated carbocycles. The van der Waals surface area contributed by atoms with E-state index in [4.69, 9.17) is 11.6 Å². The van der Waals surface area contributed by atoms with Gasteiger partial charge in [-0.25, -0.2) is 5.43 Å². The van der Waals surface area contributed by atoms with E-state index < -0.39 is 4.92 Å². The Morgan fingerprint density at radius 2 is 1.89 bits per heavy atom. The molecule has 9 nitrogen and oxygen atoms in total. The van der Waals surface area contributed by atoms with Gasteiger partial charge in [-0.15, -0.1) is 10.2 Å². The van der Waals surface area contributed by atoms with Gasteiger partial charge >= 0.3 is 0 Å². The highest BCUT2D eigenvalue weighted by Crippen LogP contribution is 2.28. The van der Waals surface area contributed by atoms with Gasteiger partial charge in [0.1, 0.15) is 0 Å². The zero-order chi connectivity index (χ0) is 24.8. The number of aromatic nitrogens is 3. The van der Waals surface area contributed by atoms with Gasteiger partial charge in [-0.1, -0.05) is 69.6 Å². The SMILES string of the molecule is O=C(CSc1nnc(-c2ccccc2)n1-c1ccc(Br)cc1)N/N=C\c1cc([N+](=O)[O-])ccc1Cl. The van der Waals surface area contributed by atoms with Gasteiger partial charge in [0.15, 0.2) is 11.0 Å². The van der Waals surface area contributed by atoms with Crippen LogP contribution >= 0.6 is 39.3 Å². The fraction of sp³-hybridized carbons (Fsp3) is 0.0435. The Balaban J connectivity index is 1.49. The molecular formula is C23H16BrClN6O3S. The van der Waals surface area contributed by atoms with E-state index in [1.165, 1.54) is 36.2 Å². The van der Waals surface area contributed by atoms with Crippen LogP contribution in [0.15, 0.2) is 87.5 Å². The van der Waals surface area contributed by atoms with Crippen LogP contribution in [-0.4, -0.2) is 37.6 Å². The Morgan fingerprint density at radius 3 is 2.60 bits per heavy atom. The molecule has 12 heteroatoms. The van der Waals surface area contributed by atoms with Gasteiger partial charge in [0, 0.05) is 38.4 Å². The van der Waals surface area contributed by atoms with E-state index in [0.717, 1.165) is 15.7 Å². The van der Waals surface area contributed by atoms with Crippen molar-refractivity contribution in [3.63, 3.8) is 0 Å². The smallest absolute Gasteiger partial charge is 0.270 e. The molecule has 0 atom stereocenters. The second kappa shape index (κ2) is 11.3. The normalized spacial score (nSPS) is 11.0. The Kier molecular flexibility index (Phi) is 7.91. The van der Waals surface area contributed by atoms with E-state index in [-0.39, 0.29) is 22.4 Å². The molecule has 4 aromatic rings. The van der Waals surface area contributed by atoms with Crippen LogP contribution in [0.2, 0.25) is 5.02 Å². The lowest BCUT2D eigenvalue weighted by Crippen LogP contribution is -2.20. The van der Waals surface area contributed by atoms with Gasteiger partial charge < -0.3 is 0 Å². The number of hydrogen-bond donors (Lipinski definition) is 1. The minimum atomic E-state index is -0.534. The molecule has 1 amide bonds. The van der Waals surface area contributed by atoms with Gasteiger partial charge in [0.2, 0.25) is 0 Å². The Morgan fingerprint density at radius 1 is 1.14 bits per heavy atom. The molecule has 0 unspecified atom stereocenters. The van der Waals surface area contributed by atoms with Crippen molar-refractivity contribution in [2.24, 2.45) is 5.10 Å². The van der Waals surface area contributed by atoms with Crippen LogP contribution in [0, 0.1) is 10.1 Å².